The predicted molar refractivity (Wildman–Crippen MR) is 102 cm³/mol. The number of benzene rings is 2. The SMILES string of the molecule is COc1ccccc1-c1ccccc1OC.PC1CCCCC1. The van der Waals surface area contributed by atoms with Gasteiger partial charge in [0.05, 0.1) is 14.2 Å². The zero-order valence-corrected chi connectivity index (χ0v) is 15.3. The monoisotopic (exact) mass is 330 g/mol. The third-order valence-corrected chi connectivity index (χ3v) is 4.82. The Morgan fingerprint density at radius 2 is 1.17 bits per heavy atom. The maximum atomic E-state index is 5.34. The van der Waals surface area contributed by atoms with Crippen LogP contribution in [-0.2, 0) is 0 Å². The van der Waals surface area contributed by atoms with E-state index in [1.54, 1.807) is 14.2 Å². The molecule has 23 heavy (non-hydrogen) atoms. The molecule has 2 aromatic rings. The molecular formula is C20H27O2P. The van der Waals surface area contributed by atoms with Gasteiger partial charge in [-0.05, 0) is 30.6 Å². The van der Waals surface area contributed by atoms with Gasteiger partial charge in [0, 0.05) is 11.1 Å². The quantitative estimate of drug-likeness (QED) is 0.685. The second-order valence-electron chi connectivity index (χ2n) is 5.80. The number of hydrogen-bond donors (Lipinski definition) is 0. The van der Waals surface area contributed by atoms with Crippen LogP contribution in [0.2, 0.25) is 0 Å². The van der Waals surface area contributed by atoms with Crippen molar-refractivity contribution < 1.29 is 9.47 Å². The van der Waals surface area contributed by atoms with Crippen molar-refractivity contribution in [2.24, 2.45) is 0 Å². The Morgan fingerprint density at radius 1 is 0.739 bits per heavy atom. The van der Waals surface area contributed by atoms with Crippen LogP contribution in [0.15, 0.2) is 48.5 Å². The van der Waals surface area contributed by atoms with Crippen LogP contribution in [0.5, 0.6) is 11.5 Å². The molecule has 3 heteroatoms. The van der Waals surface area contributed by atoms with Crippen LogP contribution >= 0.6 is 9.24 Å². The van der Waals surface area contributed by atoms with E-state index in [-0.39, 0.29) is 0 Å². The van der Waals surface area contributed by atoms with Gasteiger partial charge in [-0.3, -0.25) is 0 Å². The first-order valence-electron chi connectivity index (χ1n) is 8.28. The molecule has 0 radical (unpaired) electrons. The van der Waals surface area contributed by atoms with Crippen LogP contribution in [-0.4, -0.2) is 19.9 Å². The van der Waals surface area contributed by atoms with Crippen molar-refractivity contribution in [1.29, 1.82) is 0 Å². The molecule has 0 N–H and O–H groups in total. The van der Waals surface area contributed by atoms with E-state index in [1.807, 2.05) is 48.5 Å². The Labute approximate surface area is 142 Å². The van der Waals surface area contributed by atoms with Crippen LogP contribution in [0.3, 0.4) is 0 Å². The van der Waals surface area contributed by atoms with Gasteiger partial charge in [-0.15, -0.1) is 9.24 Å². The third kappa shape index (κ3) is 5.25. The summed E-state index contributed by atoms with van der Waals surface area (Å²) in [6, 6.07) is 15.8. The van der Waals surface area contributed by atoms with Gasteiger partial charge in [-0.1, -0.05) is 55.7 Å². The Kier molecular flexibility index (Phi) is 7.42. The van der Waals surface area contributed by atoms with Crippen molar-refractivity contribution in [3.05, 3.63) is 48.5 Å². The number of hydrogen-bond acceptors (Lipinski definition) is 2. The molecule has 0 amide bonds. The average molecular weight is 330 g/mol. The molecule has 0 bridgehead atoms. The van der Waals surface area contributed by atoms with Crippen molar-refractivity contribution in [1.82, 2.24) is 0 Å². The average Bonchev–Trinajstić information content (AvgIpc) is 2.63. The summed E-state index contributed by atoms with van der Waals surface area (Å²) < 4.78 is 10.7. The van der Waals surface area contributed by atoms with Crippen LogP contribution < -0.4 is 9.47 Å². The van der Waals surface area contributed by atoms with Gasteiger partial charge < -0.3 is 9.47 Å². The second kappa shape index (κ2) is 9.57. The highest BCUT2D eigenvalue weighted by atomic mass is 31.0. The molecule has 0 aromatic heterocycles. The molecule has 1 unspecified atom stereocenters. The molecule has 2 aromatic carbocycles. The summed E-state index contributed by atoms with van der Waals surface area (Å²) >= 11 is 0. The standard InChI is InChI=1S/C14H14O2.C6H13P/c1-15-13-9-5-3-7-11(13)12-8-4-6-10-14(12)16-2;7-6-4-2-1-3-5-6/h3-10H,1-2H3;6H,1-5,7H2. The first-order chi connectivity index (χ1) is 11.3. The Hall–Kier alpha value is -1.53. The van der Waals surface area contributed by atoms with Crippen LogP contribution in [0, 0.1) is 0 Å². The van der Waals surface area contributed by atoms with E-state index in [9.17, 15) is 0 Å². The van der Waals surface area contributed by atoms with E-state index in [4.69, 9.17) is 9.47 Å². The molecule has 1 aliphatic rings. The van der Waals surface area contributed by atoms with Crippen molar-refractivity contribution in [2.75, 3.05) is 14.2 Å². The van der Waals surface area contributed by atoms with Crippen molar-refractivity contribution >= 4 is 9.24 Å². The van der Waals surface area contributed by atoms with Crippen molar-refractivity contribution in [3.8, 4) is 22.6 Å². The van der Waals surface area contributed by atoms with Crippen molar-refractivity contribution in [3.63, 3.8) is 0 Å². The summed E-state index contributed by atoms with van der Waals surface area (Å²) in [4.78, 5) is 0. The molecule has 0 saturated heterocycles. The lowest BCUT2D eigenvalue weighted by Gasteiger charge is -2.15. The van der Waals surface area contributed by atoms with E-state index in [2.05, 4.69) is 9.24 Å². The fraction of sp³-hybridized carbons (Fsp3) is 0.400. The fourth-order valence-corrected chi connectivity index (χ4v) is 3.34. The first kappa shape index (κ1) is 17.8. The molecule has 0 heterocycles. The summed E-state index contributed by atoms with van der Waals surface area (Å²) in [6.07, 6.45) is 7.31. The Bertz CT molecular complexity index is 546. The minimum absolute atomic E-state index is 0.854. The van der Waals surface area contributed by atoms with E-state index >= 15 is 0 Å². The summed E-state index contributed by atoms with van der Waals surface area (Å²) in [5, 5.41) is 0. The number of para-hydroxylation sites is 2. The van der Waals surface area contributed by atoms with Gasteiger partial charge in [0.25, 0.3) is 0 Å². The summed E-state index contributed by atoms with van der Waals surface area (Å²) in [5.74, 6) is 1.71. The van der Waals surface area contributed by atoms with E-state index in [1.165, 1.54) is 32.1 Å². The molecule has 1 atom stereocenters. The highest BCUT2D eigenvalue weighted by Crippen LogP contribution is 2.35. The zero-order chi connectivity index (χ0) is 16.5. The molecule has 1 aliphatic carbocycles. The number of ether oxygens (including phenoxy) is 2. The maximum absolute atomic E-state index is 5.34. The minimum atomic E-state index is 0.854. The van der Waals surface area contributed by atoms with Gasteiger partial charge in [0.2, 0.25) is 0 Å². The Morgan fingerprint density at radius 3 is 1.52 bits per heavy atom. The van der Waals surface area contributed by atoms with Gasteiger partial charge in [0.1, 0.15) is 11.5 Å². The van der Waals surface area contributed by atoms with Gasteiger partial charge >= 0.3 is 0 Å². The zero-order valence-electron chi connectivity index (χ0n) is 14.1. The summed E-state index contributed by atoms with van der Waals surface area (Å²) in [5.41, 5.74) is 3.04. The molecule has 2 nitrogen and oxygen atoms in total. The van der Waals surface area contributed by atoms with Crippen LogP contribution in [0.1, 0.15) is 32.1 Å². The molecule has 0 aliphatic heterocycles. The lowest BCUT2D eigenvalue weighted by Crippen LogP contribution is -2.02. The van der Waals surface area contributed by atoms with Gasteiger partial charge in [-0.2, -0.15) is 0 Å². The second-order valence-corrected chi connectivity index (χ2v) is 6.74. The highest BCUT2D eigenvalue weighted by Gasteiger charge is 2.09. The number of methoxy groups -OCH3 is 2. The Balaban J connectivity index is 0.000000229. The van der Waals surface area contributed by atoms with Crippen LogP contribution in [0.4, 0.5) is 0 Å². The molecule has 1 fully saturated rings. The predicted octanol–water partition coefficient (Wildman–Crippen LogP) is 5.57. The fourth-order valence-electron chi connectivity index (χ4n) is 2.87. The van der Waals surface area contributed by atoms with Crippen molar-refractivity contribution in [2.45, 2.75) is 37.8 Å². The summed E-state index contributed by atoms with van der Waals surface area (Å²) in [7, 11) is 6.26. The molecule has 124 valence electrons. The van der Waals surface area contributed by atoms with Gasteiger partial charge in [-0.25, -0.2) is 0 Å². The molecule has 1 saturated carbocycles. The molecular weight excluding hydrogens is 303 g/mol. The highest BCUT2D eigenvalue weighted by molar-refractivity contribution is 7.17. The van der Waals surface area contributed by atoms with E-state index in [0.29, 0.717) is 0 Å². The largest absolute Gasteiger partial charge is 0.496 e. The molecule has 3 rings (SSSR count). The van der Waals surface area contributed by atoms with Gasteiger partial charge in [0.15, 0.2) is 0 Å². The smallest absolute Gasteiger partial charge is 0.126 e. The van der Waals surface area contributed by atoms with Crippen LogP contribution in [0.25, 0.3) is 11.1 Å². The third-order valence-electron chi connectivity index (χ3n) is 4.15. The summed E-state index contributed by atoms with van der Waals surface area (Å²) in [6.45, 7) is 0. The lowest BCUT2D eigenvalue weighted by molar-refractivity contribution is 0.410. The van der Waals surface area contributed by atoms with E-state index < -0.39 is 0 Å². The maximum Gasteiger partial charge on any atom is 0.126 e. The number of rotatable bonds is 3. The normalized spacial score (nSPS) is 14.6. The minimum Gasteiger partial charge on any atom is -0.496 e. The molecule has 0 spiro atoms. The van der Waals surface area contributed by atoms with E-state index in [0.717, 1.165) is 28.3 Å². The first-order valence-corrected chi connectivity index (χ1v) is 8.95. The topological polar surface area (TPSA) is 18.5 Å². The lowest BCUT2D eigenvalue weighted by atomic mass is 10.0.